The molecule has 9 rings (SSSR count). The molecule has 0 unspecified atom stereocenters. The highest BCUT2D eigenvalue weighted by molar-refractivity contribution is 7.91. The van der Waals surface area contributed by atoms with Gasteiger partial charge in [-0.2, -0.15) is 0 Å². The summed E-state index contributed by atoms with van der Waals surface area (Å²) < 4.78 is 59.8. The number of H-pyrrole nitrogens is 2. The van der Waals surface area contributed by atoms with Crippen LogP contribution in [0.5, 0.6) is 11.5 Å². The smallest absolute Gasteiger partial charge is 0.178 e. The number of hydrogen-bond acceptors (Lipinski definition) is 10. The number of phenolic OH excluding ortho intramolecular Hbond substituents is 1. The van der Waals surface area contributed by atoms with Crippen molar-refractivity contribution < 1.29 is 36.5 Å². The number of nitrogens with one attached hydrogen (secondary N) is 2. The van der Waals surface area contributed by atoms with Crippen molar-refractivity contribution in [2.45, 2.75) is 85.8 Å². The lowest BCUT2D eigenvalue weighted by Gasteiger charge is -2.12. The van der Waals surface area contributed by atoms with Crippen LogP contribution in [0.4, 0.5) is 0 Å². The molecule has 1 aliphatic rings. The molecule has 4 aromatic carbocycles. The fourth-order valence-corrected chi connectivity index (χ4v) is 8.75. The van der Waals surface area contributed by atoms with Gasteiger partial charge in [0.15, 0.2) is 19.7 Å². The predicted molar refractivity (Wildman–Crippen MR) is 257 cm³/mol. The van der Waals surface area contributed by atoms with E-state index in [4.69, 9.17) is 9.47 Å². The van der Waals surface area contributed by atoms with Gasteiger partial charge in [-0.25, -0.2) is 26.8 Å². The number of nitrogens with zero attached hydrogens (tertiary/aromatic N) is 2. The Morgan fingerprint density at radius 2 is 1.17 bits per heavy atom. The van der Waals surface area contributed by atoms with Gasteiger partial charge in [-0.15, -0.1) is 0 Å². The Hall–Kier alpha value is -5.80. The molecule has 8 aromatic rings. The molecule has 0 amide bonds. The zero-order valence-corrected chi connectivity index (χ0v) is 35.9. The molecule has 1 aliphatic heterocycles. The molecule has 1 fully saturated rings. The lowest BCUT2D eigenvalue weighted by Crippen LogP contribution is -2.12. The number of pyridine rings is 2. The van der Waals surface area contributed by atoms with Gasteiger partial charge in [-0.05, 0) is 122 Å². The second kappa shape index (κ2) is 20.1. The number of fused-ring (bicyclic) bond motifs is 6. The number of aromatic nitrogens is 4. The Labute approximate surface area is 371 Å². The van der Waals surface area contributed by atoms with Crippen LogP contribution in [0.1, 0.15) is 61.1 Å². The second-order valence-corrected chi connectivity index (χ2v) is 19.5. The topological polar surface area (TPSA) is 188 Å². The average Bonchev–Trinajstić information content (AvgIpc) is 3.79. The normalized spacial score (nSPS) is 13.7. The van der Waals surface area contributed by atoms with Gasteiger partial charge < -0.3 is 29.7 Å². The summed E-state index contributed by atoms with van der Waals surface area (Å²) in [6.07, 6.45) is 3.55. The summed E-state index contributed by atoms with van der Waals surface area (Å²) in [5.74, 6) is 0.852. The maximum atomic E-state index is 12.4. The van der Waals surface area contributed by atoms with Crippen LogP contribution in [0.15, 0.2) is 107 Å². The number of hydrogen-bond donors (Lipinski definition) is 4. The SMILES string of the molecule is C.C.C.CCS(=O)(=O)c1cccc(-c2ccc(O)c3[nH]c4ncc(C)cc4c23)c1.CCS(=O)(=O)c1cccc(-c2ccc(OC[C@@H](C)O)c3[nH]c4ncc(C)cc4c23)c1.C[C@@H]1CO1. The molecule has 4 N–H and O–H groups in total. The van der Waals surface area contributed by atoms with E-state index in [1.54, 1.807) is 75.6 Å². The molecule has 0 saturated carbocycles. The molecule has 0 spiro atoms. The number of phenols is 1. The molecule has 0 aliphatic carbocycles. The van der Waals surface area contributed by atoms with E-state index in [2.05, 4.69) is 32.9 Å². The van der Waals surface area contributed by atoms with E-state index in [1.165, 1.54) is 0 Å². The third-order valence-electron chi connectivity index (χ3n) is 10.2. The van der Waals surface area contributed by atoms with E-state index in [-0.39, 0.29) is 46.1 Å². The Morgan fingerprint density at radius 3 is 1.62 bits per heavy atom. The number of benzene rings is 4. The zero-order valence-electron chi connectivity index (χ0n) is 34.3. The van der Waals surface area contributed by atoms with Gasteiger partial charge in [0.25, 0.3) is 0 Å². The molecule has 336 valence electrons. The van der Waals surface area contributed by atoms with Crippen molar-refractivity contribution >= 4 is 63.5 Å². The third-order valence-corrected chi connectivity index (χ3v) is 13.6. The molecule has 5 heterocycles. The van der Waals surface area contributed by atoms with Crippen molar-refractivity contribution in [1.29, 1.82) is 0 Å². The van der Waals surface area contributed by atoms with Crippen LogP contribution in [0.25, 0.3) is 66.1 Å². The molecular weight excluding hydrogens is 837 g/mol. The van der Waals surface area contributed by atoms with Gasteiger partial charge in [-0.3, -0.25) is 0 Å². The predicted octanol–water partition coefficient (Wildman–Crippen LogP) is 10.7. The summed E-state index contributed by atoms with van der Waals surface area (Å²) >= 11 is 0. The van der Waals surface area contributed by atoms with Crippen LogP contribution < -0.4 is 4.74 Å². The van der Waals surface area contributed by atoms with Crippen molar-refractivity contribution in [3.63, 3.8) is 0 Å². The van der Waals surface area contributed by atoms with E-state index in [9.17, 15) is 27.0 Å². The minimum Gasteiger partial charge on any atom is -0.506 e. The number of epoxide rings is 1. The van der Waals surface area contributed by atoms with Crippen molar-refractivity contribution in [2.75, 3.05) is 24.7 Å². The Morgan fingerprint density at radius 1 is 0.730 bits per heavy atom. The first-order valence-corrected chi connectivity index (χ1v) is 23.0. The average molecular weight is 897 g/mol. The van der Waals surface area contributed by atoms with Crippen LogP contribution in [-0.4, -0.2) is 83.9 Å². The first kappa shape index (κ1) is 49.9. The molecular formula is C49H60N4O8S2. The van der Waals surface area contributed by atoms with E-state index in [0.717, 1.165) is 72.7 Å². The van der Waals surface area contributed by atoms with Gasteiger partial charge in [0.05, 0.1) is 51.1 Å². The fraction of sp³-hybridized carbons (Fsp3) is 0.306. The largest absolute Gasteiger partial charge is 0.506 e. The molecule has 2 atom stereocenters. The summed E-state index contributed by atoms with van der Waals surface area (Å²) in [6, 6.07) is 25.2. The summed E-state index contributed by atoms with van der Waals surface area (Å²) in [6.45, 7) is 12.1. The van der Waals surface area contributed by atoms with Crippen molar-refractivity contribution in [3.05, 3.63) is 108 Å². The number of sulfone groups is 2. The summed E-state index contributed by atoms with van der Waals surface area (Å²) in [5, 5.41) is 23.5. The lowest BCUT2D eigenvalue weighted by atomic mass is 9.99. The lowest BCUT2D eigenvalue weighted by molar-refractivity contribution is 0.123. The van der Waals surface area contributed by atoms with E-state index >= 15 is 0 Å². The van der Waals surface area contributed by atoms with Gasteiger partial charge in [0.1, 0.15) is 29.4 Å². The highest BCUT2D eigenvalue weighted by Gasteiger charge is 2.20. The maximum Gasteiger partial charge on any atom is 0.178 e. The number of aromatic amines is 2. The van der Waals surface area contributed by atoms with Crippen LogP contribution >= 0.6 is 0 Å². The van der Waals surface area contributed by atoms with Crippen molar-refractivity contribution in [3.8, 4) is 33.8 Å². The first-order valence-electron chi connectivity index (χ1n) is 19.7. The Kier molecular flexibility index (Phi) is 15.9. The highest BCUT2D eigenvalue weighted by Crippen LogP contribution is 2.41. The maximum absolute atomic E-state index is 12.4. The summed E-state index contributed by atoms with van der Waals surface area (Å²) in [4.78, 5) is 16.0. The third kappa shape index (κ3) is 10.7. The molecule has 4 aromatic heterocycles. The first-order chi connectivity index (χ1) is 28.6. The van der Waals surface area contributed by atoms with E-state index in [1.807, 2.05) is 50.2 Å². The van der Waals surface area contributed by atoms with Crippen LogP contribution in [0.2, 0.25) is 0 Å². The van der Waals surface area contributed by atoms with Gasteiger partial charge in [0.2, 0.25) is 0 Å². The molecule has 14 heteroatoms. The fourth-order valence-electron chi connectivity index (χ4n) is 6.90. The molecule has 0 bridgehead atoms. The van der Waals surface area contributed by atoms with Crippen LogP contribution in [-0.2, 0) is 24.4 Å². The summed E-state index contributed by atoms with van der Waals surface area (Å²) in [5.41, 5.74) is 8.14. The summed E-state index contributed by atoms with van der Waals surface area (Å²) in [7, 11) is -6.61. The van der Waals surface area contributed by atoms with E-state index in [0.29, 0.717) is 32.8 Å². The molecule has 0 radical (unpaired) electrons. The quantitative estimate of drug-likeness (QED) is 0.102. The van der Waals surface area contributed by atoms with Crippen LogP contribution in [0.3, 0.4) is 0 Å². The molecule has 63 heavy (non-hydrogen) atoms. The standard InChI is InChI=1S/C23H24N2O4S.C20H18N2O3S.C3H6O.3CH4/c1-4-30(27,28)17-7-5-6-16(11-17)18-8-9-20(29-13-15(3)26)22-21(18)19-10-14(2)12-24-23(19)25-22;1-3-26(24,25)14-6-4-5-13(10-14)15-7-8-17(23)19-18(15)16-9-12(2)11-21-20(16)22-19;1-3-2-4-3;;;/h5-12,15,26H,4,13H2,1-3H3,(H,24,25);4-11,23H,3H2,1-2H3,(H,21,22);3H,2H2,1H3;3*1H4/t15-;;3-;;;/m1.1.../s1. The molecule has 1 saturated heterocycles. The molecule has 12 nitrogen and oxygen atoms in total. The Bertz CT molecular complexity index is 3100. The zero-order chi connectivity index (χ0) is 42.9. The Balaban J connectivity index is 0.000000244. The van der Waals surface area contributed by atoms with Crippen molar-refractivity contribution in [1.82, 2.24) is 19.9 Å². The second-order valence-electron chi connectivity index (χ2n) is 15.0. The van der Waals surface area contributed by atoms with Crippen LogP contribution in [0, 0.1) is 13.8 Å². The van der Waals surface area contributed by atoms with Crippen molar-refractivity contribution in [2.24, 2.45) is 0 Å². The number of ether oxygens (including phenoxy) is 2. The minimum atomic E-state index is -3.32. The monoisotopic (exact) mass is 896 g/mol. The number of aryl methyl sites for hydroxylation is 2. The number of aliphatic hydroxyl groups excluding tert-OH is 1. The minimum absolute atomic E-state index is 0. The number of aromatic hydroxyl groups is 1. The van der Waals surface area contributed by atoms with Gasteiger partial charge in [0, 0.05) is 33.9 Å². The number of rotatable bonds is 9. The number of aliphatic hydroxyl groups is 1. The van der Waals surface area contributed by atoms with Gasteiger partial charge in [-0.1, -0.05) is 60.4 Å². The highest BCUT2D eigenvalue weighted by atomic mass is 32.2. The van der Waals surface area contributed by atoms with Gasteiger partial charge >= 0.3 is 0 Å². The van der Waals surface area contributed by atoms with E-state index < -0.39 is 25.8 Å².